The summed E-state index contributed by atoms with van der Waals surface area (Å²) in [4.78, 5) is 22.6. The monoisotopic (exact) mass is 364 g/mol. The van der Waals surface area contributed by atoms with E-state index in [4.69, 9.17) is 9.47 Å². The first-order valence-corrected chi connectivity index (χ1v) is 8.26. The van der Waals surface area contributed by atoms with Gasteiger partial charge in [-0.3, -0.25) is 4.79 Å². The minimum atomic E-state index is -0.182. The van der Waals surface area contributed by atoms with Gasteiger partial charge in [-0.1, -0.05) is 18.2 Å². The Morgan fingerprint density at radius 3 is 2.26 bits per heavy atom. The van der Waals surface area contributed by atoms with Crippen LogP contribution < -0.4 is 19.7 Å². The molecular weight excluding hydrogens is 344 g/mol. The summed E-state index contributed by atoms with van der Waals surface area (Å²) >= 11 is 0. The lowest BCUT2D eigenvalue weighted by Gasteiger charge is -2.17. The number of amides is 1. The summed E-state index contributed by atoms with van der Waals surface area (Å²) in [6.45, 7) is 0. The maximum Gasteiger partial charge on any atom is 0.261 e. The van der Waals surface area contributed by atoms with Gasteiger partial charge in [0, 0.05) is 36.9 Å². The normalized spacial score (nSPS) is 10.2. The number of carbonyl (C=O) groups excluding carboxylic acids is 1. The number of nitrogens with one attached hydrogen (secondary N) is 1. The molecule has 0 saturated carbocycles. The number of aromatic nitrogens is 2. The number of carbonyl (C=O) groups is 1. The van der Waals surface area contributed by atoms with Crippen molar-refractivity contribution in [1.29, 1.82) is 0 Å². The van der Waals surface area contributed by atoms with Crippen LogP contribution in [0.1, 0.15) is 10.4 Å². The summed E-state index contributed by atoms with van der Waals surface area (Å²) in [6, 6.07) is 14.8. The van der Waals surface area contributed by atoms with E-state index in [1.54, 1.807) is 38.3 Å². The molecule has 0 aliphatic carbocycles. The van der Waals surface area contributed by atoms with Crippen molar-refractivity contribution in [3.05, 3.63) is 66.5 Å². The van der Waals surface area contributed by atoms with Crippen molar-refractivity contribution in [2.24, 2.45) is 0 Å². The van der Waals surface area contributed by atoms with Crippen molar-refractivity contribution in [3.8, 4) is 11.5 Å². The van der Waals surface area contributed by atoms with Crippen LogP contribution >= 0.6 is 0 Å². The van der Waals surface area contributed by atoms with Crippen LogP contribution in [0.3, 0.4) is 0 Å². The van der Waals surface area contributed by atoms with Crippen molar-refractivity contribution in [2.45, 2.75) is 0 Å². The Balaban J connectivity index is 1.73. The lowest BCUT2D eigenvalue weighted by Crippen LogP contribution is -2.26. The van der Waals surface area contributed by atoms with Gasteiger partial charge in [-0.05, 0) is 24.3 Å². The molecule has 7 nitrogen and oxygen atoms in total. The molecule has 0 aliphatic rings. The molecule has 0 aliphatic heterocycles. The van der Waals surface area contributed by atoms with Crippen molar-refractivity contribution in [1.82, 2.24) is 9.97 Å². The van der Waals surface area contributed by atoms with E-state index in [2.05, 4.69) is 15.3 Å². The third-order valence-electron chi connectivity index (χ3n) is 3.99. The van der Waals surface area contributed by atoms with Gasteiger partial charge in [0.15, 0.2) is 11.5 Å². The number of nitrogens with zero attached hydrogens (tertiary/aromatic N) is 3. The van der Waals surface area contributed by atoms with Crippen LogP contribution in [-0.4, -0.2) is 37.1 Å². The van der Waals surface area contributed by atoms with E-state index in [9.17, 15) is 4.79 Å². The fourth-order valence-corrected chi connectivity index (χ4v) is 2.51. The van der Waals surface area contributed by atoms with Crippen LogP contribution in [0, 0.1) is 0 Å². The SMILES string of the molecule is COc1ccc(Nc2ncc(C(=O)N(C)c3ccccc3)cn2)cc1OC. The van der Waals surface area contributed by atoms with Gasteiger partial charge in [0.2, 0.25) is 5.95 Å². The van der Waals surface area contributed by atoms with Crippen LogP contribution in [0.15, 0.2) is 60.9 Å². The smallest absolute Gasteiger partial charge is 0.261 e. The van der Waals surface area contributed by atoms with E-state index in [1.165, 1.54) is 12.4 Å². The third kappa shape index (κ3) is 4.14. The number of para-hydroxylation sites is 1. The summed E-state index contributed by atoms with van der Waals surface area (Å²) in [7, 11) is 4.87. The van der Waals surface area contributed by atoms with E-state index < -0.39 is 0 Å². The lowest BCUT2D eigenvalue weighted by atomic mass is 10.2. The minimum Gasteiger partial charge on any atom is -0.493 e. The molecule has 1 aromatic heterocycles. The minimum absolute atomic E-state index is 0.182. The number of ether oxygens (including phenoxy) is 2. The van der Waals surface area contributed by atoms with Crippen molar-refractivity contribution in [2.75, 3.05) is 31.5 Å². The number of hydrogen-bond acceptors (Lipinski definition) is 6. The van der Waals surface area contributed by atoms with Gasteiger partial charge in [-0.2, -0.15) is 0 Å². The Labute approximate surface area is 157 Å². The number of rotatable bonds is 6. The fourth-order valence-electron chi connectivity index (χ4n) is 2.51. The molecule has 0 fully saturated rings. The molecule has 0 spiro atoms. The molecule has 1 N–H and O–H groups in total. The van der Waals surface area contributed by atoms with Gasteiger partial charge in [0.25, 0.3) is 5.91 Å². The number of benzene rings is 2. The van der Waals surface area contributed by atoms with Crippen molar-refractivity contribution < 1.29 is 14.3 Å². The summed E-state index contributed by atoms with van der Waals surface area (Å²) in [6.07, 6.45) is 3.00. The van der Waals surface area contributed by atoms with E-state index in [0.717, 1.165) is 11.4 Å². The summed E-state index contributed by atoms with van der Waals surface area (Å²) in [5.74, 6) is 1.42. The second-order valence-electron chi connectivity index (χ2n) is 5.69. The molecule has 7 heteroatoms. The van der Waals surface area contributed by atoms with Crippen LogP contribution in [0.25, 0.3) is 0 Å². The Morgan fingerprint density at radius 2 is 1.63 bits per heavy atom. The van der Waals surface area contributed by atoms with Gasteiger partial charge in [-0.25, -0.2) is 9.97 Å². The van der Waals surface area contributed by atoms with Crippen molar-refractivity contribution in [3.63, 3.8) is 0 Å². The van der Waals surface area contributed by atoms with Crippen LogP contribution in [0.5, 0.6) is 11.5 Å². The first-order valence-electron chi connectivity index (χ1n) is 8.26. The molecule has 2 aromatic carbocycles. The van der Waals surface area contributed by atoms with Gasteiger partial charge in [0.1, 0.15) is 0 Å². The molecule has 0 radical (unpaired) electrons. The zero-order valence-corrected chi connectivity index (χ0v) is 15.3. The van der Waals surface area contributed by atoms with Crippen LogP contribution in [0.2, 0.25) is 0 Å². The predicted molar refractivity (Wildman–Crippen MR) is 104 cm³/mol. The first kappa shape index (κ1) is 18.2. The summed E-state index contributed by atoms with van der Waals surface area (Å²) < 4.78 is 10.5. The highest BCUT2D eigenvalue weighted by Gasteiger charge is 2.14. The first-order chi connectivity index (χ1) is 13.1. The Bertz CT molecular complexity index is 914. The second kappa shape index (κ2) is 8.18. The maximum atomic E-state index is 12.6. The molecule has 0 saturated heterocycles. The van der Waals surface area contributed by atoms with E-state index in [-0.39, 0.29) is 5.91 Å². The molecule has 1 heterocycles. The highest BCUT2D eigenvalue weighted by Crippen LogP contribution is 2.30. The van der Waals surface area contributed by atoms with E-state index in [0.29, 0.717) is 23.0 Å². The maximum absolute atomic E-state index is 12.6. The topological polar surface area (TPSA) is 76.6 Å². The quantitative estimate of drug-likeness (QED) is 0.721. The fraction of sp³-hybridized carbons (Fsp3) is 0.150. The molecule has 3 aromatic rings. The highest BCUT2D eigenvalue weighted by molar-refractivity contribution is 6.05. The average Bonchev–Trinajstić information content (AvgIpc) is 2.73. The molecule has 138 valence electrons. The standard InChI is InChI=1S/C20H20N4O3/c1-24(16-7-5-4-6-8-16)19(25)14-12-21-20(22-13-14)23-15-9-10-17(26-2)18(11-15)27-3/h4-13H,1-3H3,(H,21,22,23). The number of anilines is 3. The molecular formula is C20H20N4O3. The van der Waals surface area contributed by atoms with Crippen LogP contribution in [-0.2, 0) is 0 Å². The lowest BCUT2D eigenvalue weighted by molar-refractivity contribution is 0.0992. The van der Waals surface area contributed by atoms with Crippen LogP contribution in [0.4, 0.5) is 17.3 Å². The largest absolute Gasteiger partial charge is 0.493 e. The summed E-state index contributed by atoms with van der Waals surface area (Å²) in [5.41, 5.74) is 1.95. The Kier molecular flexibility index (Phi) is 5.51. The highest BCUT2D eigenvalue weighted by atomic mass is 16.5. The Morgan fingerprint density at radius 1 is 0.963 bits per heavy atom. The molecule has 3 rings (SSSR count). The molecule has 1 amide bonds. The zero-order valence-electron chi connectivity index (χ0n) is 15.3. The predicted octanol–water partition coefficient (Wildman–Crippen LogP) is 3.51. The Hall–Kier alpha value is -3.61. The van der Waals surface area contributed by atoms with E-state index in [1.807, 2.05) is 36.4 Å². The van der Waals surface area contributed by atoms with Gasteiger partial charge >= 0.3 is 0 Å². The number of methoxy groups -OCH3 is 2. The van der Waals surface area contributed by atoms with Gasteiger partial charge < -0.3 is 19.7 Å². The molecule has 0 atom stereocenters. The summed E-state index contributed by atoms with van der Waals surface area (Å²) in [5, 5.41) is 3.07. The zero-order chi connectivity index (χ0) is 19.2. The van der Waals surface area contributed by atoms with Crippen molar-refractivity contribution >= 4 is 23.2 Å². The van der Waals surface area contributed by atoms with Gasteiger partial charge in [-0.15, -0.1) is 0 Å². The molecule has 27 heavy (non-hydrogen) atoms. The average molecular weight is 364 g/mol. The van der Waals surface area contributed by atoms with E-state index >= 15 is 0 Å². The van der Waals surface area contributed by atoms with Gasteiger partial charge in [0.05, 0.1) is 19.8 Å². The number of hydrogen-bond donors (Lipinski definition) is 1. The second-order valence-corrected chi connectivity index (χ2v) is 5.69. The molecule has 0 bridgehead atoms. The molecule has 0 unspecified atom stereocenters. The third-order valence-corrected chi connectivity index (χ3v) is 3.99.